The lowest BCUT2D eigenvalue weighted by Crippen LogP contribution is -2.57. The minimum atomic E-state index is -2.66. The molecule has 1 aliphatic carbocycles. The van der Waals surface area contributed by atoms with Crippen LogP contribution < -0.4 is 0 Å². The highest BCUT2D eigenvalue weighted by Crippen LogP contribution is 2.51. The van der Waals surface area contributed by atoms with Gasteiger partial charge < -0.3 is 0 Å². The van der Waals surface area contributed by atoms with E-state index in [1.165, 1.54) is 12.1 Å². The van der Waals surface area contributed by atoms with Gasteiger partial charge in [0.05, 0.1) is 28.5 Å². The Bertz CT molecular complexity index is 789. The van der Waals surface area contributed by atoms with Crippen molar-refractivity contribution in [1.29, 1.82) is 0 Å². The van der Waals surface area contributed by atoms with Crippen LogP contribution in [0.25, 0.3) is 11.3 Å². The summed E-state index contributed by atoms with van der Waals surface area (Å²) in [6.07, 6.45) is 1.12. The molecule has 0 amide bonds. The van der Waals surface area contributed by atoms with E-state index in [0.29, 0.717) is 23.5 Å². The zero-order valence-corrected chi connectivity index (χ0v) is 12.1. The van der Waals surface area contributed by atoms with Crippen molar-refractivity contribution in [3.63, 3.8) is 0 Å². The molecule has 1 aromatic carbocycles. The van der Waals surface area contributed by atoms with Crippen LogP contribution in [0.5, 0.6) is 0 Å². The fraction of sp³-hybridized carbons (Fsp3) is 0.333. The van der Waals surface area contributed by atoms with E-state index in [2.05, 4.69) is 10.1 Å². The lowest BCUT2D eigenvalue weighted by Gasteiger charge is -2.48. The average Bonchev–Trinajstić information content (AvgIpc) is 2.85. The van der Waals surface area contributed by atoms with Crippen molar-refractivity contribution in [2.24, 2.45) is 4.99 Å². The minimum absolute atomic E-state index is 0.00188. The Morgan fingerprint density at radius 1 is 1.18 bits per heavy atom. The molecule has 2 heterocycles. The van der Waals surface area contributed by atoms with Crippen LogP contribution in [-0.4, -0.2) is 28.5 Å². The van der Waals surface area contributed by atoms with Gasteiger partial charge in [-0.25, -0.2) is 13.2 Å². The molecule has 1 aromatic heterocycles. The molecule has 114 valence electrons. The molecule has 7 heteroatoms. The zero-order valence-electron chi connectivity index (χ0n) is 11.4. The quantitative estimate of drug-likeness (QED) is 0.782. The lowest BCUT2D eigenvalue weighted by molar-refractivity contribution is -0.152. The highest BCUT2D eigenvalue weighted by Gasteiger charge is 2.59. The van der Waals surface area contributed by atoms with Crippen LogP contribution in [-0.2, 0) is 5.54 Å². The molecule has 0 saturated heterocycles. The number of rotatable bonds is 1. The lowest BCUT2D eigenvalue weighted by atomic mass is 9.73. The van der Waals surface area contributed by atoms with Crippen LogP contribution in [0.2, 0.25) is 5.02 Å². The first-order chi connectivity index (χ1) is 10.4. The van der Waals surface area contributed by atoms with E-state index in [1.54, 1.807) is 23.0 Å². The van der Waals surface area contributed by atoms with Crippen LogP contribution in [0.1, 0.15) is 18.5 Å². The number of benzene rings is 1. The Kier molecular flexibility index (Phi) is 2.73. The van der Waals surface area contributed by atoms with Crippen molar-refractivity contribution < 1.29 is 13.2 Å². The molecule has 0 N–H and O–H groups in total. The van der Waals surface area contributed by atoms with Crippen molar-refractivity contribution in [3.8, 4) is 11.3 Å². The van der Waals surface area contributed by atoms with Gasteiger partial charge in [-0.15, -0.1) is 0 Å². The summed E-state index contributed by atoms with van der Waals surface area (Å²) in [6, 6.07) is 6.06. The van der Waals surface area contributed by atoms with Crippen LogP contribution in [0.15, 0.2) is 29.3 Å². The third-order valence-corrected chi connectivity index (χ3v) is 4.48. The number of aliphatic imine (C=N–C) groups is 1. The summed E-state index contributed by atoms with van der Waals surface area (Å²) in [5.41, 5.74) is 1.15. The summed E-state index contributed by atoms with van der Waals surface area (Å²) in [6.45, 7) is 0.306. The summed E-state index contributed by atoms with van der Waals surface area (Å²) in [7, 11) is 0. The summed E-state index contributed by atoms with van der Waals surface area (Å²) in [5.74, 6) is -3.17. The molecule has 2 aliphatic rings. The third kappa shape index (κ3) is 1.97. The normalized spacial score (nSPS) is 20.7. The molecule has 22 heavy (non-hydrogen) atoms. The molecular weight excluding hydrogens is 315 g/mol. The highest BCUT2D eigenvalue weighted by atomic mass is 35.5. The van der Waals surface area contributed by atoms with Crippen LogP contribution >= 0.6 is 11.6 Å². The average molecular weight is 326 g/mol. The third-order valence-electron chi connectivity index (χ3n) is 4.19. The summed E-state index contributed by atoms with van der Waals surface area (Å²) in [4.78, 5) is 4.19. The molecule has 0 unspecified atom stereocenters. The van der Waals surface area contributed by atoms with Crippen LogP contribution in [0.3, 0.4) is 0 Å². The number of hydrogen-bond donors (Lipinski definition) is 0. The van der Waals surface area contributed by atoms with Crippen molar-refractivity contribution in [3.05, 3.63) is 40.8 Å². The van der Waals surface area contributed by atoms with E-state index in [0.717, 1.165) is 0 Å². The van der Waals surface area contributed by atoms with Gasteiger partial charge in [-0.3, -0.25) is 9.67 Å². The highest BCUT2D eigenvalue weighted by molar-refractivity contribution is 6.31. The smallest absolute Gasteiger partial charge is 0.252 e. The van der Waals surface area contributed by atoms with Gasteiger partial charge in [-0.05, 0) is 24.3 Å². The number of alkyl halides is 2. The maximum atomic E-state index is 13.3. The molecule has 2 aromatic rings. The number of hydrogen-bond acceptors (Lipinski definition) is 2. The molecule has 1 saturated carbocycles. The predicted molar refractivity (Wildman–Crippen MR) is 77.2 cm³/mol. The molecular formula is C15H11ClF3N3. The Labute approximate surface area is 129 Å². The van der Waals surface area contributed by atoms with E-state index < -0.39 is 17.3 Å². The topological polar surface area (TPSA) is 30.2 Å². The molecule has 0 atom stereocenters. The first-order valence-electron chi connectivity index (χ1n) is 6.82. The SMILES string of the molecule is Fc1ccc(-c2cc3n(n2)C2(CN=C3)CC(F)(F)C2)cc1Cl. The van der Waals surface area contributed by atoms with E-state index in [1.807, 2.05) is 0 Å². The monoisotopic (exact) mass is 325 g/mol. The summed E-state index contributed by atoms with van der Waals surface area (Å²) >= 11 is 5.79. The van der Waals surface area contributed by atoms with Crippen molar-refractivity contribution in [2.45, 2.75) is 24.3 Å². The fourth-order valence-electron chi connectivity index (χ4n) is 3.21. The second-order valence-electron chi connectivity index (χ2n) is 5.90. The predicted octanol–water partition coefficient (Wildman–Crippen LogP) is 3.90. The van der Waals surface area contributed by atoms with Gasteiger partial charge in [0.25, 0.3) is 5.92 Å². The number of nitrogens with zero attached hydrogens (tertiary/aromatic N) is 3. The van der Waals surface area contributed by atoms with Gasteiger partial charge in [-0.2, -0.15) is 5.10 Å². The van der Waals surface area contributed by atoms with Gasteiger partial charge >= 0.3 is 0 Å². The van der Waals surface area contributed by atoms with Crippen molar-refractivity contribution >= 4 is 17.8 Å². The van der Waals surface area contributed by atoms with E-state index >= 15 is 0 Å². The van der Waals surface area contributed by atoms with Crippen LogP contribution in [0, 0.1) is 5.82 Å². The maximum absolute atomic E-state index is 13.3. The Morgan fingerprint density at radius 2 is 1.95 bits per heavy atom. The molecule has 1 aliphatic heterocycles. The minimum Gasteiger partial charge on any atom is -0.288 e. The summed E-state index contributed by atoms with van der Waals surface area (Å²) < 4.78 is 41.6. The van der Waals surface area contributed by atoms with Gasteiger partial charge in [-0.1, -0.05) is 11.6 Å². The van der Waals surface area contributed by atoms with Gasteiger partial charge in [0.2, 0.25) is 0 Å². The number of aromatic nitrogens is 2. The molecule has 3 nitrogen and oxygen atoms in total. The molecule has 1 fully saturated rings. The first-order valence-corrected chi connectivity index (χ1v) is 7.20. The Balaban J connectivity index is 1.76. The molecule has 0 bridgehead atoms. The van der Waals surface area contributed by atoms with Gasteiger partial charge in [0.1, 0.15) is 5.82 Å². The van der Waals surface area contributed by atoms with Crippen molar-refractivity contribution in [1.82, 2.24) is 9.78 Å². The van der Waals surface area contributed by atoms with E-state index in [4.69, 9.17) is 11.6 Å². The first kappa shape index (κ1) is 13.8. The van der Waals surface area contributed by atoms with Crippen molar-refractivity contribution in [2.75, 3.05) is 6.54 Å². The standard InChI is InChI=1S/C15H11ClF3N3/c16-11-3-9(1-2-12(11)17)13-4-10-5-20-8-14(22(10)21-13)6-15(18,19)7-14/h1-5H,6-8H2. The second-order valence-corrected chi connectivity index (χ2v) is 6.31. The van der Waals surface area contributed by atoms with Gasteiger partial charge in [0.15, 0.2) is 0 Å². The van der Waals surface area contributed by atoms with E-state index in [9.17, 15) is 13.2 Å². The maximum Gasteiger partial charge on any atom is 0.252 e. The molecule has 1 spiro atoms. The largest absolute Gasteiger partial charge is 0.288 e. The number of fused-ring (bicyclic) bond motifs is 2. The van der Waals surface area contributed by atoms with E-state index in [-0.39, 0.29) is 17.9 Å². The fourth-order valence-corrected chi connectivity index (χ4v) is 3.39. The summed E-state index contributed by atoms with van der Waals surface area (Å²) in [5, 5.41) is 4.45. The Hall–Kier alpha value is -1.82. The molecule has 0 radical (unpaired) electrons. The number of halogens is 4. The second kappa shape index (κ2) is 4.35. The van der Waals surface area contributed by atoms with Crippen LogP contribution in [0.4, 0.5) is 13.2 Å². The Morgan fingerprint density at radius 3 is 2.64 bits per heavy atom. The van der Waals surface area contributed by atoms with Gasteiger partial charge in [0, 0.05) is 24.6 Å². The molecule has 4 rings (SSSR count). The zero-order chi connectivity index (χ0) is 15.5.